The number of rotatable bonds is 2. The van der Waals surface area contributed by atoms with Gasteiger partial charge in [0.2, 0.25) is 0 Å². The molecule has 0 rings (SSSR count). The van der Waals surface area contributed by atoms with Crippen LogP contribution in [0.4, 0.5) is 0 Å². The van der Waals surface area contributed by atoms with E-state index in [9.17, 15) is 0 Å². The molecule has 0 radical (unpaired) electrons. The molecule has 0 unspecified atom stereocenters. The summed E-state index contributed by atoms with van der Waals surface area (Å²) < 4.78 is 5.10. The van der Waals surface area contributed by atoms with Crippen molar-refractivity contribution in [2.75, 3.05) is 13.7 Å². The molecule has 0 saturated heterocycles. The second kappa shape index (κ2) is 4.95. The lowest BCUT2D eigenvalue weighted by atomic mass is 10.1. The molecule has 0 aliphatic heterocycles. The average molecular weight is 154 g/mol. The molecule has 0 saturated carbocycles. The SMILES string of the molecule is COC(C)(C)C=CC#CCO. The first kappa shape index (κ1) is 10.2. The quantitative estimate of drug-likeness (QED) is 0.600. The van der Waals surface area contributed by atoms with E-state index < -0.39 is 0 Å². The fourth-order valence-corrected chi connectivity index (χ4v) is 0.415. The first-order valence-corrected chi connectivity index (χ1v) is 3.44. The van der Waals surface area contributed by atoms with Crippen molar-refractivity contribution in [3.8, 4) is 11.8 Å². The van der Waals surface area contributed by atoms with Gasteiger partial charge in [-0.05, 0) is 26.0 Å². The van der Waals surface area contributed by atoms with Gasteiger partial charge in [-0.3, -0.25) is 0 Å². The molecule has 1 N–H and O–H groups in total. The third kappa shape index (κ3) is 5.65. The van der Waals surface area contributed by atoms with Crippen molar-refractivity contribution < 1.29 is 9.84 Å². The molecule has 62 valence electrons. The van der Waals surface area contributed by atoms with Crippen molar-refractivity contribution in [3.63, 3.8) is 0 Å². The summed E-state index contributed by atoms with van der Waals surface area (Å²) in [5, 5.41) is 8.31. The summed E-state index contributed by atoms with van der Waals surface area (Å²) in [6.07, 6.45) is 3.52. The zero-order chi connectivity index (χ0) is 8.74. The number of ether oxygens (including phenoxy) is 1. The van der Waals surface area contributed by atoms with Gasteiger partial charge >= 0.3 is 0 Å². The molecule has 0 bridgehead atoms. The van der Waals surface area contributed by atoms with E-state index in [0.717, 1.165) is 0 Å². The Morgan fingerprint density at radius 1 is 1.55 bits per heavy atom. The van der Waals surface area contributed by atoms with Crippen LogP contribution in [0.2, 0.25) is 0 Å². The Hall–Kier alpha value is -0.780. The lowest BCUT2D eigenvalue weighted by Gasteiger charge is -2.16. The Bertz CT molecular complexity index is 181. The summed E-state index contributed by atoms with van der Waals surface area (Å²) in [6.45, 7) is 3.77. The molecule has 0 heterocycles. The van der Waals surface area contributed by atoms with E-state index >= 15 is 0 Å². The summed E-state index contributed by atoms with van der Waals surface area (Å²) in [5.74, 6) is 5.17. The van der Waals surface area contributed by atoms with Gasteiger partial charge in [-0.15, -0.1) is 0 Å². The molecule has 0 aliphatic rings. The van der Waals surface area contributed by atoms with E-state index in [0.29, 0.717) is 0 Å². The van der Waals surface area contributed by atoms with E-state index in [1.54, 1.807) is 13.2 Å². The van der Waals surface area contributed by atoms with Crippen molar-refractivity contribution in [2.45, 2.75) is 19.4 Å². The predicted octanol–water partition coefficient (Wildman–Crippen LogP) is 0.963. The number of hydrogen-bond acceptors (Lipinski definition) is 2. The van der Waals surface area contributed by atoms with Crippen molar-refractivity contribution in [1.82, 2.24) is 0 Å². The lowest BCUT2D eigenvalue weighted by molar-refractivity contribution is 0.0656. The minimum Gasteiger partial charge on any atom is -0.384 e. The highest BCUT2D eigenvalue weighted by Gasteiger charge is 2.09. The topological polar surface area (TPSA) is 29.5 Å². The number of aliphatic hydroxyl groups excluding tert-OH is 1. The summed E-state index contributed by atoms with van der Waals surface area (Å²) in [4.78, 5) is 0. The number of aliphatic hydroxyl groups is 1. The highest BCUT2D eigenvalue weighted by Crippen LogP contribution is 2.07. The summed E-state index contributed by atoms with van der Waals surface area (Å²) >= 11 is 0. The fourth-order valence-electron chi connectivity index (χ4n) is 0.415. The average Bonchev–Trinajstić information content (AvgIpc) is 1.99. The molecule has 0 spiro atoms. The van der Waals surface area contributed by atoms with Gasteiger partial charge in [-0.2, -0.15) is 0 Å². The Labute approximate surface area is 67.9 Å². The highest BCUT2D eigenvalue weighted by molar-refractivity contribution is 5.18. The number of allylic oxidation sites excluding steroid dienone is 1. The maximum absolute atomic E-state index is 8.31. The van der Waals surface area contributed by atoms with Crippen LogP contribution in [0.25, 0.3) is 0 Å². The van der Waals surface area contributed by atoms with E-state index in [4.69, 9.17) is 9.84 Å². The third-order valence-corrected chi connectivity index (χ3v) is 1.28. The molecule has 0 aromatic rings. The molecule has 0 aromatic heterocycles. The van der Waals surface area contributed by atoms with Gasteiger partial charge in [0.05, 0.1) is 5.60 Å². The van der Waals surface area contributed by atoms with Crippen molar-refractivity contribution in [2.24, 2.45) is 0 Å². The van der Waals surface area contributed by atoms with Crippen LogP contribution in [0, 0.1) is 11.8 Å². The van der Waals surface area contributed by atoms with Crippen LogP contribution < -0.4 is 0 Å². The maximum atomic E-state index is 8.31. The van der Waals surface area contributed by atoms with Gasteiger partial charge in [0.15, 0.2) is 0 Å². The zero-order valence-corrected chi connectivity index (χ0v) is 7.22. The first-order chi connectivity index (χ1) is 5.12. The van der Waals surface area contributed by atoms with Gasteiger partial charge < -0.3 is 9.84 Å². The molecule has 2 nitrogen and oxygen atoms in total. The summed E-state index contributed by atoms with van der Waals surface area (Å²) in [7, 11) is 1.64. The van der Waals surface area contributed by atoms with Crippen LogP contribution in [-0.4, -0.2) is 24.4 Å². The Morgan fingerprint density at radius 3 is 2.64 bits per heavy atom. The lowest BCUT2D eigenvalue weighted by Crippen LogP contribution is -2.18. The fraction of sp³-hybridized carbons (Fsp3) is 0.556. The van der Waals surface area contributed by atoms with Crippen LogP contribution in [0.1, 0.15) is 13.8 Å². The van der Waals surface area contributed by atoms with E-state index in [1.807, 2.05) is 19.9 Å². The minimum absolute atomic E-state index is 0.0995. The van der Waals surface area contributed by atoms with Crippen LogP contribution in [0.3, 0.4) is 0 Å². The van der Waals surface area contributed by atoms with Crippen LogP contribution in [0.15, 0.2) is 12.2 Å². The molecule has 0 aromatic carbocycles. The van der Waals surface area contributed by atoms with E-state index in [2.05, 4.69) is 11.8 Å². The van der Waals surface area contributed by atoms with Crippen LogP contribution >= 0.6 is 0 Å². The molecule has 0 amide bonds. The predicted molar refractivity (Wildman–Crippen MR) is 45.1 cm³/mol. The summed E-state index contributed by atoms with van der Waals surface area (Å²) in [6, 6.07) is 0. The number of methoxy groups -OCH3 is 1. The Kier molecular flexibility index (Phi) is 4.60. The molecule has 0 fully saturated rings. The van der Waals surface area contributed by atoms with Gasteiger partial charge in [-0.1, -0.05) is 11.8 Å². The van der Waals surface area contributed by atoms with Gasteiger partial charge in [0, 0.05) is 7.11 Å². The molecular weight excluding hydrogens is 140 g/mol. The third-order valence-electron chi connectivity index (χ3n) is 1.28. The monoisotopic (exact) mass is 154 g/mol. The molecular formula is C9H14O2. The van der Waals surface area contributed by atoms with Gasteiger partial charge in [0.1, 0.15) is 6.61 Å². The second-order valence-corrected chi connectivity index (χ2v) is 2.62. The zero-order valence-electron chi connectivity index (χ0n) is 7.22. The Balaban J connectivity index is 3.91. The smallest absolute Gasteiger partial charge is 0.104 e. The van der Waals surface area contributed by atoms with Crippen molar-refractivity contribution in [3.05, 3.63) is 12.2 Å². The van der Waals surface area contributed by atoms with Gasteiger partial charge in [-0.25, -0.2) is 0 Å². The maximum Gasteiger partial charge on any atom is 0.104 e. The Morgan fingerprint density at radius 2 is 2.18 bits per heavy atom. The standard InChI is InChI=1S/C9H14O2/c1-9(2,11-3)7-5-4-6-8-10/h5,7,10H,8H2,1-3H3. The van der Waals surface area contributed by atoms with Crippen molar-refractivity contribution >= 4 is 0 Å². The number of hydrogen-bond donors (Lipinski definition) is 1. The molecule has 0 atom stereocenters. The molecule has 0 aliphatic carbocycles. The van der Waals surface area contributed by atoms with E-state index in [1.165, 1.54) is 0 Å². The largest absolute Gasteiger partial charge is 0.384 e. The molecule has 2 heteroatoms. The van der Waals surface area contributed by atoms with E-state index in [-0.39, 0.29) is 12.2 Å². The summed E-state index contributed by atoms with van der Waals surface area (Å²) in [5.41, 5.74) is -0.274. The van der Waals surface area contributed by atoms with Crippen molar-refractivity contribution in [1.29, 1.82) is 0 Å². The van der Waals surface area contributed by atoms with Crippen LogP contribution in [-0.2, 0) is 4.74 Å². The minimum atomic E-state index is -0.274. The highest BCUT2D eigenvalue weighted by atomic mass is 16.5. The molecule has 11 heavy (non-hydrogen) atoms. The first-order valence-electron chi connectivity index (χ1n) is 3.44. The second-order valence-electron chi connectivity index (χ2n) is 2.62. The normalized spacial score (nSPS) is 11.3. The van der Waals surface area contributed by atoms with Crippen LogP contribution in [0.5, 0.6) is 0 Å². The van der Waals surface area contributed by atoms with Gasteiger partial charge in [0.25, 0.3) is 0 Å².